The molecule has 1 aliphatic rings. The zero-order valence-electron chi connectivity index (χ0n) is 8.88. The molecular weight excluding hydrogens is 182 g/mol. The van der Waals surface area contributed by atoms with Crippen molar-refractivity contribution in [2.24, 2.45) is 5.92 Å². The molecule has 0 aliphatic carbocycles. The summed E-state index contributed by atoms with van der Waals surface area (Å²) < 4.78 is 5.37. The zero-order chi connectivity index (χ0) is 9.68. The Morgan fingerprint density at radius 1 is 1.54 bits per heavy atom. The first kappa shape index (κ1) is 11.3. The van der Waals surface area contributed by atoms with Gasteiger partial charge in [-0.2, -0.15) is 11.8 Å². The lowest BCUT2D eigenvalue weighted by atomic mass is 10.0. The van der Waals surface area contributed by atoms with Crippen LogP contribution in [0.25, 0.3) is 0 Å². The third-order valence-electron chi connectivity index (χ3n) is 2.64. The fourth-order valence-electron chi connectivity index (χ4n) is 1.83. The van der Waals surface area contributed by atoms with Crippen molar-refractivity contribution >= 4 is 11.8 Å². The molecule has 0 saturated carbocycles. The maximum Gasteiger partial charge on any atom is 0.0509 e. The molecule has 1 heterocycles. The minimum absolute atomic E-state index is 0.602. The van der Waals surface area contributed by atoms with Crippen LogP contribution in [0.3, 0.4) is 0 Å². The normalized spacial score (nSPS) is 27.5. The van der Waals surface area contributed by atoms with E-state index in [-0.39, 0.29) is 0 Å². The maximum atomic E-state index is 5.37. The highest BCUT2D eigenvalue weighted by Gasteiger charge is 2.22. The molecule has 0 amide bonds. The number of hydrogen-bond acceptors (Lipinski definition) is 3. The van der Waals surface area contributed by atoms with Gasteiger partial charge in [-0.05, 0) is 32.4 Å². The van der Waals surface area contributed by atoms with Crippen LogP contribution in [-0.2, 0) is 4.74 Å². The molecule has 1 rings (SSSR count). The predicted octanol–water partition coefficient (Wildman–Crippen LogP) is 1.75. The highest BCUT2D eigenvalue weighted by molar-refractivity contribution is 7.98. The van der Waals surface area contributed by atoms with Gasteiger partial charge in [-0.3, -0.25) is 0 Å². The van der Waals surface area contributed by atoms with Gasteiger partial charge in [0.1, 0.15) is 0 Å². The van der Waals surface area contributed by atoms with E-state index in [1.54, 1.807) is 0 Å². The maximum absolute atomic E-state index is 5.37. The molecule has 3 unspecified atom stereocenters. The topological polar surface area (TPSA) is 21.3 Å². The van der Waals surface area contributed by atoms with Crippen molar-refractivity contribution < 1.29 is 4.74 Å². The van der Waals surface area contributed by atoms with E-state index in [4.69, 9.17) is 4.74 Å². The van der Waals surface area contributed by atoms with Gasteiger partial charge in [0.25, 0.3) is 0 Å². The van der Waals surface area contributed by atoms with Gasteiger partial charge in [0, 0.05) is 24.4 Å². The molecule has 0 aromatic carbocycles. The van der Waals surface area contributed by atoms with Gasteiger partial charge in [0.2, 0.25) is 0 Å². The van der Waals surface area contributed by atoms with Gasteiger partial charge in [-0.15, -0.1) is 0 Å². The average molecular weight is 203 g/mol. The molecule has 1 N–H and O–H groups in total. The first-order chi connectivity index (χ1) is 6.24. The number of hydrogen-bond donors (Lipinski definition) is 1. The quantitative estimate of drug-likeness (QED) is 0.735. The lowest BCUT2D eigenvalue weighted by molar-refractivity contribution is 0.177. The van der Waals surface area contributed by atoms with Crippen molar-refractivity contribution in [1.82, 2.24) is 5.32 Å². The van der Waals surface area contributed by atoms with Crippen LogP contribution in [0.5, 0.6) is 0 Å². The second-order valence-electron chi connectivity index (χ2n) is 3.94. The number of thioether (sulfide) groups is 1. The molecule has 13 heavy (non-hydrogen) atoms. The first-order valence-corrected chi connectivity index (χ1v) is 6.46. The molecule has 3 heteroatoms. The molecule has 0 spiro atoms. The van der Waals surface area contributed by atoms with Crippen molar-refractivity contribution in [3.8, 4) is 0 Å². The Hall–Kier alpha value is 0.270. The molecule has 78 valence electrons. The predicted molar refractivity (Wildman–Crippen MR) is 59.4 cm³/mol. The standard InChI is InChI=1S/C10H21NOS/c1-8(7-13-3)11-9(2)10-4-5-12-6-10/h8-11H,4-7H2,1-3H3. The van der Waals surface area contributed by atoms with E-state index >= 15 is 0 Å². The highest BCUT2D eigenvalue weighted by atomic mass is 32.2. The highest BCUT2D eigenvalue weighted by Crippen LogP contribution is 2.16. The van der Waals surface area contributed by atoms with E-state index in [1.807, 2.05) is 11.8 Å². The first-order valence-electron chi connectivity index (χ1n) is 5.06. The summed E-state index contributed by atoms with van der Waals surface area (Å²) in [5.74, 6) is 1.92. The van der Waals surface area contributed by atoms with Crippen LogP contribution in [-0.4, -0.2) is 37.3 Å². The second-order valence-corrected chi connectivity index (χ2v) is 4.85. The van der Waals surface area contributed by atoms with Crippen molar-refractivity contribution in [2.45, 2.75) is 32.4 Å². The summed E-state index contributed by atoms with van der Waals surface area (Å²) in [5.41, 5.74) is 0. The van der Waals surface area contributed by atoms with E-state index in [2.05, 4.69) is 25.4 Å². The molecule has 1 fully saturated rings. The van der Waals surface area contributed by atoms with Crippen molar-refractivity contribution in [2.75, 3.05) is 25.2 Å². The molecule has 1 aliphatic heterocycles. The van der Waals surface area contributed by atoms with Gasteiger partial charge in [-0.1, -0.05) is 0 Å². The van der Waals surface area contributed by atoms with E-state index in [9.17, 15) is 0 Å². The van der Waals surface area contributed by atoms with Gasteiger partial charge in [0.15, 0.2) is 0 Å². The minimum atomic E-state index is 0.602. The van der Waals surface area contributed by atoms with Crippen molar-refractivity contribution in [3.63, 3.8) is 0 Å². The summed E-state index contributed by atoms with van der Waals surface area (Å²) in [6.07, 6.45) is 3.38. The van der Waals surface area contributed by atoms with Crippen LogP contribution in [0.4, 0.5) is 0 Å². The van der Waals surface area contributed by atoms with Crippen LogP contribution in [0.1, 0.15) is 20.3 Å². The summed E-state index contributed by atoms with van der Waals surface area (Å²) in [4.78, 5) is 0. The Morgan fingerprint density at radius 3 is 2.85 bits per heavy atom. The van der Waals surface area contributed by atoms with Crippen LogP contribution < -0.4 is 5.32 Å². The summed E-state index contributed by atoms with van der Waals surface area (Å²) in [6.45, 7) is 6.42. The monoisotopic (exact) mass is 203 g/mol. The molecule has 0 bridgehead atoms. The Kier molecular flexibility index (Phi) is 5.14. The molecular formula is C10H21NOS. The lowest BCUT2D eigenvalue weighted by Gasteiger charge is -2.23. The zero-order valence-corrected chi connectivity index (χ0v) is 9.69. The SMILES string of the molecule is CSCC(C)NC(C)C1CCOC1. The third-order valence-corrected chi connectivity index (χ3v) is 3.47. The average Bonchev–Trinajstić information content (AvgIpc) is 2.55. The number of ether oxygens (including phenoxy) is 1. The summed E-state index contributed by atoms with van der Waals surface area (Å²) in [5, 5.41) is 3.62. The van der Waals surface area contributed by atoms with Gasteiger partial charge in [-0.25, -0.2) is 0 Å². The third kappa shape index (κ3) is 3.88. The van der Waals surface area contributed by atoms with Crippen LogP contribution in [0.2, 0.25) is 0 Å². The lowest BCUT2D eigenvalue weighted by Crippen LogP contribution is -2.40. The van der Waals surface area contributed by atoms with Gasteiger partial charge < -0.3 is 10.1 Å². The van der Waals surface area contributed by atoms with Gasteiger partial charge >= 0.3 is 0 Å². The minimum Gasteiger partial charge on any atom is -0.381 e. The Balaban J connectivity index is 2.18. The molecule has 3 atom stereocenters. The molecule has 0 radical (unpaired) electrons. The van der Waals surface area contributed by atoms with E-state index in [1.165, 1.54) is 12.2 Å². The smallest absolute Gasteiger partial charge is 0.0509 e. The van der Waals surface area contributed by atoms with Crippen molar-refractivity contribution in [1.29, 1.82) is 0 Å². The van der Waals surface area contributed by atoms with E-state index < -0.39 is 0 Å². The largest absolute Gasteiger partial charge is 0.381 e. The Labute approximate surface area is 85.8 Å². The molecule has 0 aromatic heterocycles. The molecule has 2 nitrogen and oxygen atoms in total. The number of rotatable bonds is 5. The summed E-state index contributed by atoms with van der Waals surface area (Å²) in [6, 6.07) is 1.22. The van der Waals surface area contributed by atoms with Crippen LogP contribution in [0.15, 0.2) is 0 Å². The summed E-state index contributed by atoms with van der Waals surface area (Å²) >= 11 is 1.90. The van der Waals surface area contributed by atoms with Crippen LogP contribution in [0, 0.1) is 5.92 Å². The van der Waals surface area contributed by atoms with Gasteiger partial charge in [0.05, 0.1) is 6.61 Å². The fraction of sp³-hybridized carbons (Fsp3) is 1.00. The number of nitrogens with one attached hydrogen (secondary N) is 1. The molecule has 0 aromatic rings. The van der Waals surface area contributed by atoms with Crippen molar-refractivity contribution in [3.05, 3.63) is 0 Å². The van der Waals surface area contributed by atoms with E-state index in [0.29, 0.717) is 12.1 Å². The Bertz CT molecular complexity index is 137. The molecule has 1 saturated heterocycles. The fourth-order valence-corrected chi connectivity index (χ4v) is 2.43. The van der Waals surface area contributed by atoms with E-state index in [0.717, 1.165) is 19.1 Å². The Morgan fingerprint density at radius 2 is 2.31 bits per heavy atom. The van der Waals surface area contributed by atoms with Crippen LogP contribution >= 0.6 is 11.8 Å². The summed E-state index contributed by atoms with van der Waals surface area (Å²) in [7, 11) is 0. The second kappa shape index (κ2) is 5.89.